The molecule has 214 valence electrons. The van der Waals surface area contributed by atoms with E-state index in [0.29, 0.717) is 48.6 Å². The van der Waals surface area contributed by atoms with Crippen LogP contribution in [0.5, 0.6) is 0 Å². The summed E-state index contributed by atoms with van der Waals surface area (Å²) in [4.78, 5) is 29.3. The van der Waals surface area contributed by atoms with Crippen LogP contribution in [0.15, 0.2) is 18.2 Å². The van der Waals surface area contributed by atoms with Gasteiger partial charge in [0.15, 0.2) is 0 Å². The minimum Gasteiger partial charge on any atom is -0.350 e. The smallest absolute Gasteiger partial charge is 0.237 e. The van der Waals surface area contributed by atoms with Crippen LogP contribution in [0.25, 0.3) is 0 Å². The standard InChI is InChI=1S/C33H48FN3O2/c1-21-7-24-8-22(2)12-32(11-21,15-24)30(39)36-33-13-23(3)9-25(16-33)14-31(4,20-33)35-17-29(38)37-18-26-5-6-28(34)10-27(26)19-37/h5-6,10,21-25,35H,7-9,11-20H2,1-4H3,(H,36,39). The number of nitrogens with one attached hydrogen (secondary N) is 2. The summed E-state index contributed by atoms with van der Waals surface area (Å²) in [5.41, 5.74) is 1.34. The Kier molecular flexibility index (Phi) is 6.88. The summed E-state index contributed by atoms with van der Waals surface area (Å²) in [5.74, 6) is 3.22. The quantitative estimate of drug-likeness (QED) is 0.488. The van der Waals surface area contributed by atoms with Crippen molar-refractivity contribution in [2.75, 3.05) is 6.54 Å². The van der Waals surface area contributed by atoms with Crippen molar-refractivity contribution >= 4 is 11.8 Å². The van der Waals surface area contributed by atoms with Crippen LogP contribution in [0.1, 0.15) is 103 Å². The van der Waals surface area contributed by atoms with Gasteiger partial charge in [-0.25, -0.2) is 4.39 Å². The second kappa shape index (κ2) is 9.85. The number of nitrogens with zero attached hydrogens (tertiary/aromatic N) is 1. The molecule has 4 aliphatic carbocycles. The molecule has 6 unspecified atom stereocenters. The van der Waals surface area contributed by atoms with E-state index in [9.17, 15) is 14.0 Å². The third-order valence-corrected chi connectivity index (χ3v) is 11.0. The van der Waals surface area contributed by atoms with Crippen LogP contribution in [0, 0.1) is 40.8 Å². The fraction of sp³-hybridized carbons (Fsp3) is 0.758. The number of benzene rings is 1. The minimum atomic E-state index is -0.246. The van der Waals surface area contributed by atoms with Gasteiger partial charge < -0.3 is 15.5 Å². The Balaban J connectivity index is 1.15. The van der Waals surface area contributed by atoms with Crippen molar-refractivity contribution in [3.05, 3.63) is 35.1 Å². The summed E-state index contributed by atoms with van der Waals surface area (Å²) >= 11 is 0. The van der Waals surface area contributed by atoms with Gasteiger partial charge in [-0.1, -0.05) is 26.8 Å². The fourth-order valence-electron chi connectivity index (χ4n) is 10.4. The third kappa shape index (κ3) is 5.39. The molecule has 0 radical (unpaired) electrons. The molecule has 4 fully saturated rings. The first kappa shape index (κ1) is 27.2. The molecule has 39 heavy (non-hydrogen) atoms. The molecule has 5 aliphatic rings. The Bertz CT molecular complexity index is 1110. The van der Waals surface area contributed by atoms with E-state index >= 15 is 0 Å². The van der Waals surface area contributed by atoms with E-state index in [0.717, 1.165) is 56.1 Å². The Morgan fingerprint density at radius 2 is 1.56 bits per heavy atom. The monoisotopic (exact) mass is 537 g/mol. The van der Waals surface area contributed by atoms with Gasteiger partial charge in [-0.3, -0.25) is 9.59 Å². The number of carbonyl (C=O) groups excluding carboxylic acids is 2. The van der Waals surface area contributed by atoms with Gasteiger partial charge in [0.2, 0.25) is 11.8 Å². The first-order valence-corrected chi connectivity index (χ1v) is 15.6. The lowest BCUT2D eigenvalue weighted by Crippen LogP contribution is -2.66. The SMILES string of the molecule is CC1CC2CC(C)(NCC(=O)N3Cc4ccc(F)cc4C3)CC(NC(=O)C34CC(C)CC(CC(C)C3)C4)(C1)C2. The minimum absolute atomic E-state index is 0.0623. The van der Waals surface area contributed by atoms with Crippen LogP contribution >= 0.6 is 0 Å². The molecular weight excluding hydrogens is 489 g/mol. The normalized spacial score (nSPS) is 41.2. The second-order valence-corrected chi connectivity index (χ2v) is 15.2. The topological polar surface area (TPSA) is 61.4 Å². The van der Waals surface area contributed by atoms with E-state index in [-0.39, 0.29) is 34.8 Å². The van der Waals surface area contributed by atoms with Crippen molar-refractivity contribution in [1.29, 1.82) is 0 Å². The van der Waals surface area contributed by atoms with E-state index in [1.54, 1.807) is 12.1 Å². The molecule has 1 heterocycles. The van der Waals surface area contributed by atoms with Gasteiger partial charge in [0.1, 0.15) is 5.82 Å². The molecular formula is C33H48FN3O2. The highest BCUT2D eigenvalue weighted by atomic mass is 19.1. The van der Waals surface area contributed by atoms with Gasteiger partial charge in [0.25, 0.3) is 0 Å². The van der Waals surface area contributed by atoms with E-state index in [1.807, 2.05) is 4.90 Å². The maximum absolute atomic E-state index is 14.3. The second-order valence-electron chi connectivity index (χ2n) is 15.2. The predicted molar refractivity (Wildman–Crippen MR) is 151 cm³/mol. The molecule has 2 amide bonds. The molecule has 4 saturated carbocycles. The average molecular weight is 538 g/mol. The molecule has 4 bridgehead atoms. The Morgan fingerprint density at radius 1 is 0.897 bits per heavy atom. The summed E-state index contributed by atoms with van der Waals surface area (Å²) in [7, 11) is 0. The number of halogens is 1. The van der Waals surface area contributed by atoms with Crippen LogP contribution in [0.4, 0.5) is 4.39 Å². The van der Waals surface area contributed by atoms with Crippen molar-refractivity contribution in [1.82, 2.24) is 15.5 Å². The van der Waals surface area contributed by atoms with Crippen molar-refractivity contribution in [2.45, 2.75) is 116 Å². The van der Waals surface area contributed by atoms with Gasteiger partial charge in [-0.15, -0.1) is 0 Å². The first-order chi connectivity index (χ1) is 18.4. The highest BCUT2D eigenvalue weighted by Gasteiger charge is 2.54. The van der Waals surface area contributed by atoms with Crippen LogP contribution in [-0.2, 0) is 22.7 Å². The van der Waals surface area contributed by atoms with Crippen LogP contribution in [-0.4, -0.2) is 34.3 Å². The first-order valence-electron chi connectivity index (χ1n) is 15.6. The van der Waals surface area contributed by atoms with Gasteiger partial charge in [0.05, 0.1) is 6.54 Å². The van der Waals surface area contributed by atoms with Gasteiger partial charge in [-0.2, -0.15) is 0 Å². The number of hydrogen-bond acceptors (Lipinski definition) is 3. The molecule has 6 heteroatoms. The van der Waals surface area contributed by atoms with E-state index in [4.69, 9.17) is 0 Å². The van der Waals surface area contributed by atoms with Crippen molar-refractivity contribution in [3.63, 3.8) is 0 Å². The lowest BCUT2D eigenvalue weighted by molar-refractivity contribution is -0.144. The van der Waals surface area contributed by atoms with E-state index in [2.05, 4.69) is 38.3 Å². The molecule has 2 N–H and O–H groups in total. The van der Waals surface area contributed by atoms with Crippen molar-refractivity contribution in [3.8, 4) is 0 Å². The average Bonchev–Trinajstić information content (AvgIpc) is 3.23. The maximum Gasteiger partial charge on any atom is 0.237 e. The van der Waals surface area contributed by atoms with E-state index in [1.165, 1.54) is 25.3 Å². The van der Waals surface area contributed by atoms with Crippen molar-refractivity contribution in [2.24, 2.45) is 35.0 Å². The van der Waals surface area contributed by atoms with Gasteiger partial charge >= 0.3 is 0 Å². The highest BCUT2D eigenvalue weighted by Crippen LogP contribution is 2.54. The number of hydrogen-bond donors (Lipinski definition) is 2. The number of carbonyl (C=O) groups is 2. The predicted octanol–water partition coefficient (Wildman–Crippen LogP) is 5.95. The molecule has 1 aromatic rings. The fourth-order valence-corrected chi connectivity index (χ4v) is 10.4. The van der Waals surface area contributed by atoms with Crippen LogP contribution in [0.3, 0.4) is 0 Å². The summed E-state index contributed by atoms with van der Waals surface area (Å²) < 4.78 is 13.7. The molecule has 6 rings (SSSR count). The van der Waals surface area contributed by atoms with Gasteiger partial charge in [-0.05, 0) is 124 Å². The van der Waals surface area contributed by atoms with Gasteiger partial charge in [0, 0.05) is 29.6 Å². The molecule has 1 aromatic carbocycles. The molecule has 0 aromatic heterocycles. The summed E-state index contributed by atoms with van der Waals surface area (Å²) in [6.07, 6.45) is 10.9. The van der Waals surface area contributed by atoms with Crippen LogP contribution < -0.4 is 10.6 Å². The largest absolute Gasteiger partial charge is 0.350 e. The summed E-state index contributed by atoms with van der Waals surface area (Å²) in [6.45, 7) is 10.6. The zero-order valence-electron chi connectivity index (χ0n) is 24.5. The third-order valence-electron chi connectivity index (χ3n) is 11.0. The molecule has 6 atom stereocenters. The highest BCUT2D eigenvalue weighted by molar-refractivity contribution is 5.84. The summed E-state index contributed by atoms with van der Waals surface area (Å²) in [5, 5.41) is 7.43. The lowest BCUT2D eigenvalue weighted by Gasteiger charge is -2.57. The van der Waals surface area contributed by atoms with E-state index < -0.39 is 0 Å². The Hall–Kier alpha value is -1.95. The number of rotatable bonds is 5. The number of fused-ring (bicyclic) bond motifs is 5. The van der Waals surface area contributed by atoms with Crippen LogP contribution in [0.2, 0.25) is 0 Å². The lowest BCUT2D eigenvalue weighted by atomic mass is 9.55. The molecule has 5 nitrogen and oxygen atoms in total. The summed E-state index contributed by atoms with van der Waals surface area (Å²) in [6, 6.07) is 4.82. The molecule has 0 spiro atoms. The molecule has 1 aliphatic heterocycles. The van der Waals surface area contributed by atoms with Crippen molar-refractivity contribution < 1.29 is 14.0 Å². The maximum atomic E-state index is 14.3. The Morgan fingerprint density at radius 3 is 2.31 bits per heavy atom. The molecule has 0 saturated heterocycles. The Labute approximate surface area is 234 Å². The zero-order valence-corrected chi connectivity index (χ0v) is 24.5. The number of amides is 2. The zero-order chi connectivity index (χ0) is 27.6.